The Kier molecular flexibility index (Phi) is 10.4. The zero-order valence-electron chi connectivity index (χ0n) is 10.2. The average Bonchev–Trinajstić information content (AvgIpc) is 2.18. The Morgan fingerprint density at radius 2 is 1.88 bits per heavy atom. The minimum absolute atomic E-state index is 0. The first-order valence-corrected chi connectivity index (χ1v) is 5.24. The van der Waals surface area contributed by atoms with Gasteiger partial charge in [0.2, 0.25) is 5.91 Å². The number of carbonyl (C=O) groups excluding carboxylic acids is 1. The van der Waals surface area contributed by atoms with Gasteiger partial charge in [-0.25, -0.2) is 0 Å². The summed E-state index contributed by atoms with van der Waals surface area (Å²) in [6, 6.07) is 0.437. The van der Waals surface area contributed by atoms with Crippen LogP contribution in [0.5, 0.6) is 0 Å². The van der Waals surface area contributed by atoms with Crippen LogP contribution in [0.4, 0.5) is 0 Å². The lowest BCUT2D eigenvalue weighted by Crippen LogP contribution is -2.46. The van der Waals surface area contributed by atoms with Gasteiger partial charge >= 0.3 is 0 Å². The second-order valence-corrected chi connectivity index (χ2v) is 4.07. The number of rotatable bonds is 3. The molecule has 1 aliphatic heterocycles. The molecule has 1 heterocycles. The summed E-state index contributed by atoms with van der Waals surface area (Å²) in [4.78, 5) is 15.8. The van der Waals surface area contributed by atoms with Crippen molar-refractivity contribution in [3.05, 3.63) is 0 Å². The van der Waals surface area contributed by atoms with Crippen molar-refractivity contribution in [1.82, 2.24) is 15.1 Å². The highest BCUT2D eigenvalue weighted by atomic mass is 35.5. The molecular formula is C10H23Cl2N3O. The van der Waals surface area contributed by atoms with Crippen LogP contribution >= 0.6 is 24.8 Å². The average molecular weight is 272 g/mol. The molecule has 4 nitrogen and oxygen atoms in total. The van der Waals surface area contributed by atoms with Gasteiger partial charge in [0.25, 0.3) is 0 Å². The quantitative estimate of drug-likeness (QED) is 0.817. The van der Waals surface area contributed by atoms with Gasteiger partial charge < -0.3 is 15.1 Å². The third-order valence-electron chi connectivity index (χ3n) is 2.96. The molecule has 0 aromatic rings. The lowest BCUT2D eigenvalue weighted by molar-refractivity contribution is -0.131. The summed E-state index contributed by atoms with van der Waals surface area (Å²) in [5.41, 5.74) is 0. The Morgan fingerprint density at radius 3 is 2.31 bits per heavy atom. The minimum Gasteiger partial charge on any atom is -0.342 e. The number of hydrogen-bond donors (Lipinski definition) is 1. The smallest absolute Gasteiger partial charge is 0.236 e. The van der Waals surface area contributed by atoms with Gasteiger partial charge in [-0.2, -0.15) is 0 Å². The summed E-state index contributed by atoms with van der Waals surface area (Å²) < 4.78 is 0. The molecular weight excluding hydrogens is 249 g/mol. The van der Waals surface area contributed by atoms with Crippen LogP contribution in [0.1, 0.15) is 12.8 Å². The standard InChI is InChI=1S/C10H21N3O.2ClH/c1-11-8-10(14)13(3)9-4-6-12(2)7-5-9;;/h9,11H,4-8H2,1-3H3;2*1H. The summed E-state index contributed by atoms with van der Waals surface area (Å²) in [5.74, 6) is 0.196. The van der Waals surface area contributed by atoms with Crippen molar-refractivity contribution in [1.29, 1.82) is 0 Å². The first-order chi connectivity index (χ1) is 6.65. The number of hydrogen-bond acceptors (Lipinski definition) is 3. The number of carbonyl (C=O) groups is 1. The van der Waals surface area contributed by atoms with Crippen molar-refractivity contribution >= 4 is 30.7 Å². The predicted molar refractivity (Wildman–Crippen MR) is 71.7 cm³/mol. The number of piperidine rings is 1. The fraction of sp³-hybridized carbons (Fsp3) is 0.900. The van der Waals surface area contributed by atoms with Gasteiger partial charge in [-0.05, 0) is 40.0 Å². The van der Waals surface area contributed by atoms with E-state index in [4.69, 9.17) is 0 Å². The molecule has 0 aromatic heterocycles. The second kappa shape index (κ2) is 9.05. The number of likely N-dealkylation sites (tertiary alicyclic amines) is 1. The molecule has 0 unspecified atom stereocenters. The summed E-state index contributed by atoms with van der Waals surface area (Å²) >= 11 is 0. The zero-order chi connectivity index (χ0) is 10.6. The molecule has 1 N–H and O–H groups in total. The van der Waals surface area contributed by atoms with Crippen molar-refractivity contribution in [2.45, 2.75) is 18.9 Å². The van der Waals surface area contributed by atoms with Crippen LogP contribution in [0, 0.1) is 0 Å². The van der Waals surface area contributed by atoms with E-state index < -0.39 is 0 Å². The molecule has 0 aliphatic carbocycles. The fourth-order valence-corrected chi connectivity index (χ4v) is 1.86. The SMILES string of the molecule is CNCC(=O)N(C)C1CCN(C)CC1.Cl.Cl. The Balaban J connectivity index is 0. The number of nitrogens with zero attached hydrogens (tertiary/aromatic N) is 2. The van der Waals surface area contributed by atoms with Crippen molar-refractivity contribution in [2.75, 3.05) is 40.8 Å². The molecule has 0 bridgehead atoms. The number of likely N-dealkylation sites (N-methyl/N-ethyl adjacent to an activating group) is 2. The molecule has 1 fully saturated rings. The Hall–Kier alpha value is -0.0300. The maximum atomic E-state index is 11.6. The van der Waals surface area contributed by atoms with Crippen molar-refractivity contribution in [3.8, 4) is 0 Å². The molecule has 0 atom stereocenters. The first-order valence-electron chi connectivity index (χ1n) is 5.24. The number of halogens is 2. The third kappa shape index (κ3) is 5.34. The van der Waals surface area contributed by atoms with E-state index in [0.717, 1.165) is 25.9 Å². The van der Waals surface area contributed by atoms with Crippen molar-refractivity contribution < 1.29 is 4.79 Å². The van der Waals surface area contributed by atoms with Gasteiger partial charge in [0.1, 0.15) is 0 Å². The van der Waals surface area contributed by atoms with E-state index in [1.165, 1.54) is 0 Å². The van der Waals surface area contributed by atoms with Crippen LogP contribution in [-0.4, -0.2) is 62.5 Å². The first kappa shape index (κ1) is 18.3. The van der Waals surface area contributed by atoms with E-state index in [1.54, 1.807) is 7.05 Å². The normalized spacial score (nSPS) is 17.2. The maximum absolute atomic E-state index is 11.6. The van der Waals surface area contributed by atoms with E-state index in [2.05, 4.69) is 17.3 Å². The molecule has 0 saturated carbocycles. The molecule has 6 heteroatoms. The van der Waals surface area contributed by atoms with Crippen LogP contribution in [0.2, 0.25) is 0 Å². The molecule has 1 saturated heterocycles. The summed E-state index contributed by atoms with van der Waals surface area (Å²) in [5, 5.41) is 2.89. The number of nitrogens with one attached hydrogen (secondary N) is 1. The molecule has 0 radical (unpaired) electrons. The van der Waals surface area contributed by atoms with Crippen LogP contribution in [0.3, 0.4) is 0 Å². The monoisotopic (exact) mass is 271 g/mol. The largest absolute Gasteiger partial charge is 0.342 e. The van der Waals surface area contributed by atoms with E-state index in [9.17, 15) is 4.79 Å². The van der Waals surface area contributed by atoms with Crippen molar-refractivity contribution in [3.63, 3.8) is 0 Å². The van der Waals surface area contributed by atoms with Crippen LogP contribution in [0.25, 0.3) is 0 Å². The van der Waals surface area contributed by atoms with Crippen LogP contribution in [-0.2, 0) is 4.79 Å². The highest BCUT2D eigenvalue weighted by molar-refractivity contribution is 5.85. The molecule has 1 rings (SSSR count). The van der Waals surface area contributed by atoms with Crippen LogP contribution < -0.4 is 5.32 Å². The molecule has 0 aromatic carbocycles. The fourth-order valence-electron chi connectivity index (χ4n) is 1.86. The summed E-state index contributed by atoms with van der Waals surface area (Å²) in [6.45, 7) is 2.65. The Morgan fingerprint density at radius 1 is 1.38 bits per heavy atom. The zero-order valence-corrected chi connectivity index (χ0v) is 11.9. The molecule has 16 heavy (non-hydrogen) atoms. The van der Waals surface area contributed by atoms with Gasteiger partial charge in [0.05, 0.1) is 6.54 Å². The predicted octanol–water partition coefficient (Wildman–Crippen LogP) is 0.602. The van der Waals surface area contributed by atoms with Crippen molar-refractivity contribution in [2.24, 2.45) is 0 Å². The summed E-state index contributed by atoms with van der Waals surface area (Å²) in [6.07, 6.45) is 2.20. The van der Waals surface area contributed by atoms with Gasteiger partial charge in [0, 0.05) is 13.1 Å². The van der Waals surface area contributed by atoms with Gasteiger partial charge in [-0.1, -0.05) is 0 Å². The topological polar surface area (TPSA) is 35.6 Å². The van der Waals surface area contributed by atoms with Gasteiger partial charge in [0.15, 0.2) is 0 Å². The lowest BCUT2D eigenvalue weighted by atomic mass is 10.0. The Bertz CT molecular complexity index is 197. The van der Waals surface area contributed by atoms with Crippen LogP contribution in [0.15, 0.2) is 0 Å². The highest BCUT2D eigenvalue weighted by Crippen LogP contribution is 2.13. The molecule has 98 valence electrons. The van der Waals surface area contributed by atoms with E-state index in [1.807, 2.05) is 11.9 Å². The molecule has 1 amide bonds. The van der Waals surface area contributed by atoms with E-state index >= 15 is 0 Å². The Labute approximate surface area is 111 Å². The molecule has 0 spiro atoms. The third-order valence-corrected chi connectivity index (χ3v) is 2.96. The van der Waals surface area contributed by atoms with Gasteiger partial charge in [-0.15, -0.1) is 24.8 Å². The molecule has 1 aliphatic rings. The summed E-state index contributed by atoms with van der Waals surface area (Å²) in [7, 11) is 5.85. The minimum atomic E-state index is 0. The highest BCUT2D eigenvalue weighted by Gasteiger charge is 2.23. The second-order valence-electron chi connectivity index (χ2n) is 4.07. The van der Waals surface area contributed by atoms with E-state index in [-0.39, 0.29) is 30.7 Å². The lowest BCUT2D eigenvalue weighted by Gasteiger charge is -2.35. The maximum Gasteiger partial charge on any atom is 0.236 e. The van der Waals surface area contributed by atoms with E-state index in [0.29, 0.717) is 12.6 Å². The van der Waals surface area contributed by atoms with Gasteiger partial charge in [-0.3, -0.25) is 4.79 Å². The number of amides is 1.